The molecule has 1 spiro atoms. The first-order valence-electron chi connectivity index (χ1n) is 13.6. The monoisotopic (exact) mass is 544 g/mol. The molecule has 10 nitrogen and oxygen atoms in total. The van der Waals surface area contributed by atoms with Gasteiger partial charge in [-0.25, -0.2) is 14.3 Å². The molecule has 0 saturated carbocycles. The highest BCUT2D eigenvalue weighted by atomic mass is 16.4. The lowest BCUT2D eigenvalue weighted by Gasteiger charge is -2.59. The molecule has 0 aliphatic carbocycles. The summed E-state index contributed by atoms with van der Waals surface area (Å²) in [6, 6.07) is 18.5. The molecule has 4 aromatic heterocycles. The van der Waals surface area contributed by atoms with E-state index in [-0.39, 0.29) is 6.04 Å². The molecular formula is C31H28N8O2. The van der Waals surface area contributed by atoms with Crippen LogP contribution in [-0.2, 0) is 13.5 Å². The van der Waals surface area contributed by atoms with Gasteiger partial charge in [-0.3, -0.25) is 9.58 Å². The van der Waals surface area contributed by atoms with Crippen molar-refractivity contribution >= 4 is 17.4 Å². The first kappa shape index (κ1) is 24.8. The average Bonchev–Trinajstić information content (AvgIpc) is 3.74. The van der Waals surface area contributed by atoms with Crippen molar-refractivity contribution in [2.45, 2.75) is 30.8 Å². The third-order valence-electron chi connectivity index (χ3n) is 8.60. The summed E-state index contributed by atoms with van der Waals surface area (Å²) in [6.45, 7) is 1.18. The van der Waals surface area contributed by atoms with Crippen LogP contribution in [0.25, 0.3) is 27.8 Å². The highest BCUT2D eigenvalue weighted by Crippen LogP contribution is 2.46. The number of aryl methyl sites for hydroxylation is 1. The van der Waals surface area contributed by atoms with Gasteiger partial charge in [0.25, 0.3) is 0 Å². The lowest BCUT2D eigenvalue weighted by atomic mass is 9.74. The molecule has 10 heteroatoms. The van der Waals surface area contributed by atoms with Crippen molar-refractivity contribution < 1.29 is 9.90 Å². The number of pyridine rings is 2. The zero-order chi connectivity index (χ0) is 28.1. The Morgan fingerprint density at radius 2 is 1.93 bits per heavy atom. The summed E-state index contributed by atoms with van der Waals surface area (Å²) in [5.74, 6) is 0.811. The minimum absolute atomic E-state index is 0.0116. The molecule has 41 heavy (non-hydrogen) atoms. The fourth-order valence-corrected chi connectivity index (χ4v) is 6.63. The van der Waals surface area contributed by atoms with Gasteiger partial charge in [0.15, 0.2) is 0 Å². The number of aromatic nitrogens is 5. The maximum atomic E-state index is 12.2. The van der Waals surface area contributed by atoms with Crippen molar-refractivity contribution in [3.8, 4) is 28.3 Å². The third kappa shape index (κ3) is 4.00. The summed E-state index contributed by atoms with van der Waals surface area (Å²) in [6.07, 6.45) is 10.7. The number of hydrogen-bond donors (Lipinski definition) is 1. The lowest BCUT2D eigenvalue weighted by molar-refractivity contribution is 0.0520. The SMILES string of the molecule is Cn1cc(-c2cc(-c3ccc(N4CC5(CCCN5C(=O)O)C4Cc4ccccc4)nc3)c3c(C#N)cnn3c2)cn1. The normalized spacial score (nSPS) is 20.0. The Morgan fingerprint density at radius 3 is 2.63 bits per heavy atom. The van der Waals surface area contributed by atoms with Gasteiger partial charge in [-0.2, -0.15) is 15.5 Å². The van der Waals surface area contributed by atoms with Crippen molar-refractivity contribution in [3.63, 3.8) is 0 Å². The molecule has 2 saturated heterocycles. The summed E-state index contributed by atoms with van der Waals surface area (Å²) in [5.41, 5.74) is 5.58. The molecule has 5 aromatic rings. The smallest absolute Gasteiger partial charge is 0.407 e. The predicted octanol–water partition coefficient (Wildman–Crippen LogP) is 4.61. The molecule has 2 atom stereocenters. The Morgan fingerprint density at radius 1 is 1.07 bits per heavy atom. The van der Waals surface area contributed by atoms with Gasteiger partial charge in [-0.05, 0) is 43.0 Å². The quantitative estimate of drug-likeness (QED) is 0.343. The Labute approximate surface area is 236 Å². The van der Waals surface area contributed by atoms with E-state index in [2.05, 4.69) is 33.3 Å². The number of anilines is 1. The lowest BCUT2D eigenvalue weighted by Crippen LogP contribution is -2.76. The minimum atomic E-state index is -0.852. The highest BCUT2D eigenvalue weighted by Gasteiger charge is 2.59. The van der Waals surface area contributed by atoms with E-state index >= 15 is 0 Å². The Kier molecular flexibility index (Phi) is 5.75. The molecule has 0 radical (unpaired) electrons. The van der Waals surface area contributed by atoms with Crippen LogP contribution >= 0.6 is 0 Å². The first-order chi connectivity index (χ1) is 20.0. The Balaban J connectivity index is 1.26. The van der Waals surface area contributed by atoms with Crippen LogP contribution in [0.1, 0.15) is 24.0 Å². The van der Waals surface area contributed by atoms with Crippen LogP contribution in [0, 0.1) is 11.3 Å². The van der Waals surface area contributed by atoms with Crippen LogP contribution in [0.3, 0.4) is 0 Å². The third-order valence-corrected chi connectivity index (χ3v) is 8.60. The predicted molar refractivity (Wildman–Crippen MR) is 153 cm³/mol. The fourth-order valence-electron chi connectivity index (χ4n) is 6.63. The van der Waals surface area contributed by atoms with E-state index in [1.165, 1.54) is 5.56 Å². The van der Waals surface area contributed by atoms with E-state index in [9.17, 15) is 15.2 Å². The minimum Gasteiger partial charge on any atom is -0.465 e. The standard InChI is InChI=1S/C31H28N8O2/c1-36-18-25(17-34-36)23-13-26(29-24(14-32)16-35-39(29)19-23)22-8-9-28(33-15-22)37-20-31(10-5-11-38(31)30(40)41)27(37)12-21-6-3-2-4-7-21/h2-4,6-9,13,15-19,27H,5,10-12,20H2,1H3,(H,40,41). The molecule has 2 unspecified atom stereocenters. The maximum Gasteiger partial charge on any atom is 0.407 e. The van der Waals surface area contributed by atoms with Crippen molar-refractivity contribution in [2.24, 2.45) is 7.05 Å². The molecule has 1 aromatic carbocycles. The molecular weight excluding hydrogens is 516 g/mol. The zero-order valence-electron chi connectivity index (χ0n) is 22.6. The van der Waals surface area contributed by atoms with E-state index in [4.69, 9.17) is 4.98 Å². The number of rotatable bonds is 5. The fraction of sp³-hybridized carbons (Fsp3) is 0.258. The van der Waals surface area contributed by atoms with Crippen LogP contribution in [0.15, 0.2) is 79.5 Å². The van der Waals surface area contributed by atoms with Crippen LogP contribution in [0.4, 0.5) is 10.6 Å². The molecule has 204 valence electrons. The van der Waals surface area contributed by atoms with Crippen LogP contribution < -0.4 is 4.90 Å². The number of benzene rings is 1. The molecule has 2 aliphatic heterocycles. The second-order valence-electron chi connectivity index (χ2n) is 10.9. The summed E-state index contributed by atoms with van der Waals surface area (Å²) >= 11 is 0. The number of carbonyl (C=O) groups is 1. The summed E-state index contributed by atoms with van der Waals surface area (Å²) < 4.78 is 3.49. The number of carboxylic acid groups (broad SMARTS) is 1. The first-order valence-corrected chi connectivity index (χ1v) is 13.6. The summed E-state index contributed by atoms with van der Waals surface area (Å²) in [4.78, 5) is 20.9. The number of nitriles is 1. The van der Waals surface area contributed by atoms with Gasteiger partial charge in [-0.1, -0.05) is 30.3 Å². The number of fused-ring (bicyclic) bond motifs is 1. The summed E-state index contributed by atoms with van der Waals surface area (Å²) in [5, 5.41) is 28.5. The number of hydrogen-bond acceptors (Lipinski definition) is 6. The second kappa shape index (κ2) is 9.48. The van der Waals surface area contributed by atoms with Crippen LogP contribution in [0.5, 0.6) is 0 Å². The number of nitrogens with zero attached hydrogens (tertiary/aromatic N) is 8. The number of likely N-dealkylation sites (tertiary alicyclic amines) is 1. The Hall–Kier alpha value is -5.17. The zero-order valence-corrected chi connectivity index (χ0v) is 22.6. The molecule has 2 aliphatic rings. The van der Waals surface area contributed by atoms with Gasteiger partial charge in [0.05, 0.1) is 35.1 Å². The van der Waals surface area contributed by atoms with E-state index in [1.54, 1.807) is 26.5 Å². The molecule has 7 rings (SSSR count). The maximum absolute atomic E-state index is 12.2. The van der Waals surface area contributed by atoms with Crippen LogP contribution in [-0.4, -0.2) is 65.1 Å². The van der Waals surface area contributed by atoms with Crippen molar-refractivity contribution in [3.05, 3.63) is 90.6 Å². The Bertz CT molecular complexity index is 1800. The molecule has 1 N–H and O–H groups in total. The van der Waals surface area contributed by atoms with Gasteiger partial charge < -0.3 is 10.0 Å². The molecule has 1 amide bonds. The van der Waals surface area contributed by atoms with E-state index in [1.807, 2.05) is 62.0 Å². The van der Waals surface area contributed by atoms with Gasteiger partial charge in [-0.15, -0.1) is 0 Å². The molecule has 6 heterocycles. The molecule has 2 fully saturated rings. The van der Waals surface area contributed by atoms with E-state index in [0.29, 0.717) is 18.7 Å². The second-order valence-corrected chi connectivity index (χ2v) is 10.9. The van der Waals surface area contributed by atoms with E-state index < -0.39 is 11.6 Å². The average molecular weight is 545 g/mol. The van der Waals surface area contributed by atoms with Gasteiger partial charge in [0, 0.05) is 61.0 Å². The topological polar surface area (TPSA) is 116 Å². The van der Waals surface area contributed by atoms with Gasteiger partial charge in [0.2, 0.25) is 0 Å². The van der Waals surface area contributed by atoms with Crippen molar-refractivity contribution in [2.75, 3.05) is 18.0 Å². The van der Waals surface area contributed by atoms with Crippen LogP contribution in [0.2, 0.25) is 0 Å². The van der Waals surface area contributed by atoms with Gasteiger partial charge >= 0.3 is 6.09 Å². The highest BCUT2D eigenvalue weighted by molar-refractivity contribution is 5.87. The summed E-state index contributed by atoms with van der Waals surface area (Å²) in [7, 11) is 1.87. The largest absolute Gasteiger partial charge is 0.465 e. The van der Waals surface area contributed by atoms with Crippen molar-refractivity contribution in [1.82, 2.24) is 29.3 Å². The number of amides is 1. The van der Waals surface area contributed by atoms with Gasteiger partial charge in [0.1, 0.15) is 11.9 Å². The molecule has 0 bridgehead atoms. The van der Waals surface area contributed by atoms with E-state index in [0.717, 1.165) is 52.9 Å². The van der Waals surface area contributed by atoms with Crippen molar-refractivity contribution in [1.29, 1.82) is 5.26 Å².